The van der Waals surface area contributed by atoms with Crippen LogP contribution in [0.1, 0.15) is 24.8 Å². The number of ether oxygens (including phenoxy) is 2. The van der Waals surface area contributed by atoms with Crippen molar-refractivity contribution in [3.05, 3.63) is 47.1 Å². The van der Waals surface area contributed by atoms with E-state index in [1.54, 1.807) is 12.1 Å². The van der Waals surface area contributed by atoms with Crippen molar-refractivity contribution in [2.45, 2.75) is 37.5 Å². The Morgan fingerprint density at radius 3 is 2.65 bits per heavy atom. The summed E-state index contributed by atoms with van der Waals surface area (Å²) in [7, 11) is -4.40. The summed E-state index contributed by atoms with van der Waals surface area (Å²) in [5, 5.41) is 28.5. The van der Waals surface area contributed by atoms with Crippen LogP contribution >= 0.6 is 19.2 Å². The number of anilines is 1. The van der Waals surface area contributed by atoms with Crippen LogP contribution in [-0.2, 0) is 14.0 Å². The zero-order valence-corrected chi connectivity index (χ0v) is 19.3. The largest absolute Gasteiger partial charge is 0.387 e. The van der Waals surface area contributed by atoms with Gasteiger partial charge in [-0.1, -0.05) is 12.1 Å². The molecule has 34 heavy (non-hydrogen) atoms. The number of aliphatic hydroxyl groups excluding tert-OH is 2. The lowest BCUT2D eigenvalue weighted by atomic mass is 10.1. The van der Waals surface area contributed by atoms with Crippen molar-refractivity contribution in [1.82, 2.24) is 19.7 Å². The highest BCUT2D eigenvalue weighted by atomic mass is 35.5. The Morgan fingerprint density at radius 2 is 1.97 bits per heavy atom. The third kappa shape index (κ3) is 5.37. The minimum Gasteiger partial charge on any atom is -0.387 e. The number of aromatic nitrogens is 4. The quantitative estimate of drug-likeness (QED) is 0.217. The van der Waals surface area contributed by atoms with Crippen LogP contribution in [-0.4, -0.2) is 71.0 Å². The molecule has 4 rings (SSSR count). The van der Waals surface area contributed by atoms with E-state index in [2.05, 4.69) is 20.4 Å². The predicted molar refractivity (Wildman–Crippen MR) is 118 cm³/mol. The normalized spacial score (nSPS) is 24.0. The summed E-state index contributed by atoms with van der Waals surface area (Å²) in [5.41, 5.74) is 1.01. The zero-order valence-electron chi connectivity index (χ0n) is 17.7. The summed E-state index contributed by atoms with van der Waals surface area (Å²) in [6.07, 6.45) is -4.51. The second kappa shape index (κ2) is 9.80. The molecule has 3 heterocycles. The molecule has 1 aliphatic rings. The van der Waals surface area contributed by atoms with E-state index in [-0.39, 0.29) is 29.4 Å². The molecule has 1 unspecified atom stereocenters. The summed E-state index contributed by atoms with van der Waals surface area (Å²) in [5.74, 6) is -0.0138. The highest BCUT2D eigenvalue weighted by molar-refractivity contribution is 7.51. The van der Waals surface area contributed by atoms with Gasteiger partial charge < -0.3 is 34.8 Å². The molecule has 0 amide bonds. The van der Waals surface area contributed by atoms with E-state index in [1.165, 1.54) is 23.0 Å². The van der Waals surface area contributed by atoms with Crippen molar-refractivity contribution in [3.8, 4) is 0 Å². The van der Waals surface area contributed by atoms with Crippen molar-refractivity contribution in [2.24, 2.45) is 0 Å². The number of nitrogens with zero attached hydrogens (tertiary/aromatic N) is 4. The lowest BCUT2D eigenvalue weighted by molar-refractivity contribution is -0.0658. The van der Waals surface area contributed by atoms with Gasteiger partial charge in [0, 0.05) is 6.04 Å². The molecule has 0 radical (unpaired) electrons. The lowest BCUT2D eigenvalue weighted by Gasteiger charge is -2.17. The van der Waals surface area contributed by atoms with Crippen LogP contribution in [0.3, 0.4) is 0 Å². The van der Waals surface area contributed by atoms with Gasteiger partial charge in [-0.15, -0.1) is 0 Å². The third-order valence-electron chi connectivity index (χ3n) is 5.27. The summed E-state index contributed by atoms with van der Waals surface area (Å²) >= 11 is 6.12. The third-order valence-corrected chi connectivity index (χ3v) is 5.96. The van der Waals surface area contributed by atoms with E-state index in [0.717, 1.165) is 5.56 Å². The fraction of sp³-hybridized carbons (Fsp3) is 0.421. The fourth-order valence-corrected chi connectivity index (χ4v) is 4.10. The average Bonchev–Trinajstić information content (AvgIpc) is 3.29. The summed E-state index contributed by atoms with van der Waals surface area (Å²) in [6, 6.07) is 5.69. The second-order valence-corrected chi connectivity index (χ2v) is 9.72. The number of benzene rings is 1. The van der Waals surface area contributed by atoms with Gasteiger partial charge >= 0.3 is 7.60 Å². The molecule has 1 aromatic carbocycles. The first-order chi connectivity index (χ1) is 16.0. The smallest absolute Gasteiger partial charge is 0.350 e. The molecule has 1 fully saturated rings. The Hall–Kier alpha value is -2.22. The van der Waals surface area contributed by atoms with Gasteiger partial charge in [-0.25, -0.2) is 9.07 Å². The topological polar surface area (TPSA) is 172 Å². The molecule has 15 heteroatoms. The van der Waals surface area contributed by atoms with Gasteiger partial charge in [0.25, 0.3) is 0 Å². The van der Waals surface area contributed by atoms with Crippen molar-refractivity contribution >= 4 is 36.0 Å². The molecule has 2 aromatic heterocycles. The Morgan fingerprint density at radius 1 is 1.26 bits per heavy atom. The summed E-state index contributed by atoms with van der Waals surface area (Å²) in [4.78, 5) is 26.2. The number of fused-ring (bicyclic) bond motifs is 1. The molecule has 184 valence electrons. The molecular formula is C19H22ClFN5O7P. The van der Waals surface area contributed by atoms with E-state index in [9.17, 15) is 19.2 Å². The van der Waals surface area contributed by atoms with Gasteiger partial charge in [-0.3, -0.25) is 4.57 Å². The molecule has 0 bridgehead atoms. The Balaban J connectivity index is 1.56. The minimum absolute atomic E-state index is 0.113. The monoisotopic (exact) mass is 517 g/mol. The molecular weight excluding hydrogens is 496 g/mol. The standard InChI is InChI=1S/C19H22ClFN5O7P/c1-9(10-2-4-11(21)5-3-10)23-16-12-6-22-26(17(12)25-19(20)24-16)18-15(28)14(27)13(33-18)7-32-8-34(29,30)31/h2-6,9,13-15,18,27-28H,7-8H2,1H3,(H,23,24,25)(H2,29,30,31)/t9?,13-,14-,15-,18-/m1/s1. The van der Waals surface area contributed by atoms with E-state index >= 15 is 0 Å². The van der Waals surface area contributed by atoms with Gasteiger partial charge in [0.05, 0.1) is 18.2 Å². The Kier molecular flexibility index (Phi) is 7.17. The number of hydrogen-bond donors (Lipinski definition) is 5. The second-order valence-electron chi connectivity index (χ2n) is 7.80. The van der Waals surface area contributed by atoms with Crippen molar-refractivity contribution < 1.29 is 38.4 Å². The van der Waals surface area contributed by atoms with Gasteiger partial charge in [-0.05, 0) is 36.2 Å². The Bertz CT molecular complexity index is 1210. The summed E-state index contributed by atoms with van der Waals surface area (Å²) < 4.78 is 36.0. The maximum atomic E-state index is 13.2. The molecule has 0 spiro atoms. The van der Waals surface area contributed by atoms with Gasteiger partial charge in [-0.2, -0.15) is 15.1 Å². The van der Waals surface area contributed by atoms with Crippen molar-refractivity contribution in [2.75, 3.05) is 18.3 Å². The van der Waals surface area contributed by atoms with E-state index < -0.39 is 38.5 Å². The average molecular weight is 518 g/mol. The molecule has 5 N–H and O–H groups in total. The first-order valence-electron chi connectivity index (χ1n) is 10.1. The number of rotatable bonds is 8. The van der Waals surface area contributed by atoms with E-state index in [4.69, 9.17) is 30.9 Å². The van der Waals surface area contributed by atoms with Crippen molar-refractivity contribution in [3.63, 3.8) is 0 Å². The van der Waals surface area contributed by atoms with E-state index in [0.29, 0.717) is 11.2 Å². The van der Waals surface area contributed by atoms with Crippen LogP contribution in [0.25, 0.3) is 11.0 Å². The Labute approximate surface area is 197 Å². The minimum atomic E-state index is -4.40. The maximum Gasteiger partial charge on any atom is 0.350 e. The lowest BCUT2D eigenvalue weighted by Crippen LogP contribution is -2.34. The number of halogens is 2. The zero-order chi connectivity index (χ0) is 24.6. The van der Waals surface area contributed by atoms with Crippen LogP contribution < -0.4 is 5.32 Å². The first kappa shape index (κ1) is 24.9. The van der Waals surface area contributed by atoms with E-state index in [1.807, 2.05) is 6.92 Å². The van der Waals surface area contributed by atoms with Crippen LogP contribution in [0.4, 0.5) is 10.2 Å². The number of hydrogen-bond acceptors (Lipinski definition) is 9. The molecule has 1 saturated heterocycles. The molecule has 0 aliphatic carbocycles. The SMILES string of the molecule is CC(Nc1nc(Cl)nc2c1cnn2[C@@H]1O[C@H](COCP(=O)(O)O)[C@@H](O)[C@H]1O)c1ccc(F)cc1. The van der Waals surface area contributed by atoms with Crippen LogP contribution in [0.5, 0.6) is 0 Å². The highest BCUT2D eigenvalue weighted by Crippen LogP contribution is 2.36. The molecule has 1 aliphatic heterocycles. The summed E-state index contributed by atoms with van der Waals surface area (Å²) in [6.45, 7) is 1.48. The molecule has 3 aromatic rings. The molecule has 0 saturated carbocycles. The fourth-order valence-electron chi connectivity index (χ4n) is 3.59. The van der Waals surface area contributed by atoms with Gasteiger partial charge in [0.1, 0.15) is 36.3 Å². The molecule has 12 nitrogen and oxygen atoms in total. The van der Waals surface area contributed by atoms with Crippen LogP contribution in [0, 0.1) is 5.82 Å². The van der Waals surface area contributed by atoms with Crippen LogP contribution in [0.15, 0.2) is 30.5 Å². The first-order valence-corrected chi connectivity index (χ1v) is 12.3. The maximum absolute atomic E-state index is 13.2. The highest BCUT2D eigenvalue weighted by Gasteiger charge is 2.45. The number of nitrogens with one attached hydrogen (secondary N) is 1. The van der Waals surface area contributed by atoms with Gasteiger partial charge in [0.15, 0.2) is 11.9 Å². The van der Waals surface area contributed by atoms with Gasteiger partial charge in [0.2, 0.25) is 5.28 Å². The van der Waals surface area contributed by atoms with Crippen molar-refractivity contribution in [1.29, 1.82) is 0 Å². The predicted octanol–water partition coefficient (Wildman–Crippen LogP) is 1.56. The molecule has 5 atom stereocenters. The van der Waals surface area contributed by atoms with Crippen LogP contribution in [0.2, 0.25) is 5.28 Å². The number of aliphatic hydroxyl groups is 2.